The molecular weight excluding hydrogens is 289 g/mol. The van der Waals surface area contributed by atoms with E-state index in [0.29, 0.717) is 13.2 Å². The molecular formula is C10H16ClF3N2O3. The van der Waals surface area contributed by atoms with E-state index in [1.807, 2.05) is 0 Å². The summed E-state index contributed by atoms with van der Waals surface area (Å²) in [6.45, 7) is 0.338. The number of nitrogens with one attached hydrogen (secondary N) is 1. The fourth-order valence-electron chi connectivity index (χ4n) is 2.16. The molecule has 9 heteroatoms. The molecule has 2 rings (SSSR count). The predicted octanol–water partition coefficient (Wildman–Crippen LogP) is -0.0777. The molecule has 2 fully saturated rings. The van der Waals surface area contributed by atoms with Gasteiger partial charge >= 0.3 is 6.18 Å². The van der Waals surface area contributed by atoms with Gasteiger partial charge < -0.3 is 20.1 Å². The van der Waals surface area contributed by atoms with Crippen LogP contribution in [0.1, 0.15) is 6.42 Å². The summed E-state index contributed by atoms with van der Waals surface area (Å²) in [5.74, 6) is -0.449. The van der Waals surface area contributed by atoms with Crippen LogP contribution in [0.15, 0.2) is 0 Å². The van der Waals surface area contributed by atoms with Crippen molar-refractivity contribution in [2.75, 3.05) is 32.8 Å². The number of rotatable bonds is 1. The largest absolute Gasteiger partial charge is 0.419 e. The molecule has 0 saturated carbocycles. The molecule has 1 amide bonds. The Morgan fingerprint density at radius 1 is 1.47 bits per heavy atom. The third-order valence-electron chi connectivity index (χ3n) is 3.31. The summed E-state index contributed by atoms with van der Waals surface area (Å²) >= 11 is 0. The number of aliphatic hydroxyl groups is 1. The Bertz CT molecular complexity index is 336. The van der Waals surface area contributed by atoms with Gasteiger partial charge in [-0.1, -0.05) is 0 Å². The highest BCUT2D eigenvalue weighted by atomic mass is 35.5. The van der Waals surface area contributed by atoms with Crippen LogP contribution in [-0.2, 0) is 9.53 Å². The first kappa shape index (κ1) is 16.5. The van der Waals surface area contributed by atoms with Crippen molar-refractivity contribution in [1.82, 2.24) is 10.2 Å². The first-order chi connectivity index (χ1) is 8.33. The van der Waals surface area contributed by atoms with E-state index in [9.17, 15) is 23.1 Å². The van der Waals surface area contributed by atoms with Gasteiger partial charge in [0.1, 0.15) is 6.04 Å². The van der Waals surface area contributed by atoms with Crippen molar-refractivity contribution >= 4 is 18.3 Å². The fraction of sp³-hybridized carbons (Fsp3) is 0.900. The van der Waals surface area contributed by atoms with Crippen LogP contribution in [-0.4, -0.2) is 66.6 Å². The lowest BCUT2D eigenvalue weighted by Crippen LogP contribution is -2.54. The van der Waals surface area contributed by atoms with Crippen LogP contribution < -0.4 is 5.32 Å². The van der Waals surface area contributed by atoms with Gasteiger partial charge in [0, 0.05) is 19.5 Å². The normalized spacial score (nSPS) is 32.0. The van der Waals surface area contributed by atoms with Crippen molar-refractivity contribution in [3.8, 4) is 0 Å². The van der Waals surface area contributed by atoms with E-state index in [1.54, 1.807) is 0 Å². The van der Waals surface area contributed by atoms with E-state index in [-0.39, 0.29) is 25.6 Å². The summed E-state index contributed by atoms with van der Waals surface area (Å²) in [4.78, 5) is 13.0. The number of ether oxygens (including phenoxy) is 1. The number of morpholine rings is 1. The minimum absolute atomic E-state index is 0. The number of likely N-dealkylation sites (tertiary alicyclic amines) is 1. The number of β-amino-alcohol motifs (C(OH)–C–C–N with tert-alkyl or cyclic N) is 1. The van der Waals surface area contributed by atoms with Gasteiger partial charge in [-0.15, -0.1) is 12.4 Å². The number of amides is 1. The van der Waals surface area contributed by atoms with E-state index in [4.69, 9.17) is 4.74 Å². The highest BCUT2D eigenvalue weighted by Gasteiger charge is 2.58. The zero-order valence-electron chi connectivity index (χ0n) is 10.1. The molecule has 2 saturated heterocycles. The summed E-state index contributed by atoms with van der Waals surface area (Å²) in [6, 6.07) is -0.616. The highest BCUT2D eigenvalue weighted by Crippen LogP contribution is 2.37. The Balaban J connectivity index is 0.00000180. The molecule has 2 aliphatic rings. The van der Waals surface area contributed by atoms with Gasteiger partial charge in [-0.3, -0.25) is 4.79 Å². The Morgan fingerprint density at radius 3 is 2.63 bits per heavy atom. The van der Waals surface area contributed by atoms with Crippen molar-refractivity contribution in [2.45, 2.75) is 24.2 Å². The first-order valence-corrected chi connectivity index (χ1v) is 5.72. The van der Waals surface area contributed by atoms with Crippen LogP contribution in [0, 0.1) is 0 Å². The van der Waals surface area contributed by atoms with E-state index in [1.165, 1.54) is 0 Å². The monoisotopic (exact) mass is 304 g/mol. The third kappa shape index (κ3) is 3.31. The van der Waals surface area contributed by atoms with E-state index in [0.717, 1.165) is 4.90 Å². The number of halogens is 4. The Kier molecular flexibility index (Phi) is 5.05. The number of alkyl halides is 3. The van der Waals surface area contributed by atoms with Crippen molar-refractivity contribution in [3.05, 3.63) is 0 Å². The zero-order chi connectivity index (χ0) is 13.4. The fourth-order valence-corrected chi connectivity index (χ4v) is 2.16. The van der Waals surface area contributed by atoms with Crippen LogP contribution in [0.2, 0.25) is 0 Å². The quantitative estimate of drug-likeness (QED) is 0.711. The molecule has 0 aromatic carbocycles. The zero-order valence-corrected chi connectivity index (χ0v) is 10.9. The lowest BCUT2D eigenvalue weighted by atomic mass is 10.0. The molecule has 0 aromatic rings. The van der Waals surface area contributed by atoms with Gasteiger partial charge in [0.15, 0.2) is 5.60 Å². The Hall–Kier alpha value is -0.570. The minimum Gasteiger partial charge on any atom is -0.379 e. The van der Waals surface area contributed by atoms with Gasteiger partial charge in [0.2, 0.25) is 5.91 Å². The molecule has 2 heterocycles. The van der Waals surface area contributed by atoms with Crippen LogP contribution >= 0.6 is 12.4 Å². The molecule has 0 aromatic heterocycles. The number of hydrogen-bond acceptors (Lipinski definition) is 4. The Morgan fingerprint density at radius 2 is 2.16 bits per heavy atom. The van der Waals surface area contributed by atoms with Crippen molar-refractivity contribution in [1.29, 1.82) is 0 Å². The van der Waals surface area contributed by atoms with Crippen molar-refractivity contribution in [3.63, 3.8) is 0 Å². The summed E-state index contributed by atoms with van der Waals surface area (Å²) in [6.07, 6.45) is -5.19. The van der Waals surface area contributed by atoms with Crippen LogP contribution in [0.3, 0.4) is 0 Å². The predicted molar refractivity (Wildman–Crippen MR) is 62.1 cm³/mol. The second-order valence-corrected chi connectivity index (χ2v) is 4.62. The smallest absolute Gasteiger partial charge is 0.379 e. The maximum absolute atomic E-state index is 12.6. The molecule has 0 bridgehead atoms. The SMILES string of the molecule is Cl.O=C(C1COCCN1)N1CCC(O)(C(F)(F)F)C1. The standard InChI is InChI=1S/C10H15F3N2O3.ClH/c11-10(12,13)9(17)1-3-15(6-9)8(16)7-5-18-4-2-14-7;/h7,14,17H,1-6H2;1H. The van der Waals surface area contributed by atoms with Crippen molar-refractivity contribution in [2.24, 2.45) is 0 Å². The first-order valence-electron chi connectivity index (χ1n) is 5.72. The molecule has 0 radical (unpaired) electrons. The second-order valence-electron chi connectivity index (χ2n) is 4.62. The molecule has 2 N–H and O–H groups in total. The number of carbonyl (C=O) groups excluding carboxylic acids is 1. The topological polar surface area (TPSA) is 61.8 Å². The molecule has 2 atom stereocenters. The molecule has 2 aliphatic heterocycles. The van der Waals surface area contributed by atoms with Crippen molar-refractivity contribution < 1.29 is 27.8 Å². The van der Waals surface area contributed by atoms with Crippen LogP contribution in [0.25, 0.3) is 0 Å². The molecule has 112 valence electrons. The lowest BCUT2D eigenvalue weighted by molar-refractivity contribution is -0.253. The maximum Gasteiger partial charge on any atom is 0.419 e. The summed E-state index contributed by atoms with van der Waals surface area (Å²) in [5, 5.41) is 12.4. The minimum atomic E-state index is -4.71. The lowest BCUT2D eigenvalue weighted by Gasteiger charge is -2.29. The van der Waals surface area contributed by atoms with Crippen LogP contribution in [0.5, 0.6) is 0 Å². The second kappa shape index (κ2) is 5.82. The number of nitrogens with zero attached hydrogens (tertiary/aromatic N) is 1. The molecule has 2 unspecified atom stereocenters. The van der Waals surface area contributed by atoms with Gasteiger partial charge in [-0.25, -0.2) is 0 Å². The molecule has 0 spiro atoms. The molecule has 19 heavy (non-hydrogen) atoms. The Labute approximate surface area is 114 Å². The summed E-state index contributed by atoms with van der Waals surface area (Å²) < 4.78 is 42.9. The van der Waals surface area contributed by atoms with Gasteiger partial charge in [-0.2, -0.15) is 13.2 Å². The van der Waals surface area contributed by atoms with E-state index >= 15 is 0 Å². The van der Waals surface area contributed by atoms with Crippen LogP contribution in [0.4, 0.5) is 13.2 Å². The average molecular weight is 305 g/mol. The third-order valence-corrected chi connectivity index (χ3v) is 3.31. The summed E-state index contributed by atoms with van der Waals surface area (Å²) in [7, 11) is 0. The number of carbonyl (C=O) groups is 1. The molecule has 0 aliphatic carbocycles. The van der Waals surface area contributed by atoms with Gasteiger partial charge in [-0.05, 0) is 0 Å². The summed E-state index contributed by atoms with van der Waals surface area (Å²) in [5.41, 5.74) is -2.78. The van der Waals surface area contributed by atoms with Gasteiger partial charge in [0.25, 0.3) is 0 Å². The van der Waals surface area contributed by atoms with Gasteiger partial charge in [0.05, 0.1) is 19.8 Å². The molecule has 5 nitrogen and oxygen atoms in total. The average Bonchev–Trinajstić information content (AvgIpc) is 2.73. The van der Waals surface area contributed by atoms with E-state index in [2.05, 4.69) is 5.32 Å². The number of hydrogen-bond donors (Lipinski definition) is 2. The van der Waals surface area contributed by atoms with E-state index < -0.39 is 36.7 Å². The maximum atomic E-state index is 12.6. The highest BCUT2D eigenvalue weighted by molar-refractivity contribution is 5.85.